The SMILES string of the molecule is CCCCOc1cc(N2CCN(C)CC2)ccc1-c1nc2ncc(C#N)c(N[C@H]3[C@@H](C(N)=O)[C@@H]4C=C[C@H]3C4)c2[nH]1. The predicted octanol–water partition coefficient (Wildman–Crippen LogP) is 3.52. The first-order chi connectivity index (χ1) is 19.5. The second kappa shape index (κ2) is 10.8. The zero-order valence-corrected chi connectivity index (χ0v) is 23.1. The Kier molecular flexibility index (Phi) is 7.07. The van der Waals surface area contributed by atoms with Crippen molar-refractivity contribution in [3.05, 3.63) is 42.1 Å². The number of unbranched alkanes of at least 4 members (excludes halogenated alkanes) is 1. The molecule has 4 atom stereocenters. The highest BCUT2D eigenvalue weighted by Crippen LogP contribution is 2.46. The quantitative estimate of drug-likeness (QED) is 0.277. The standard InChI is InChI=1S/C30H36N8O2/c1-3-4-13-40-23-15-21(38-11-9-37(2)10-12-38)7-8-22(23)29-35-27-26(20(16-31)17-33-30(27)36-29)34-25-19-6-5-18(14-19)24(25)28(32)39/h5-8,15,17-19,24-25H,3-4,9-14H2,1-2H3,(H2,32,39)(H2,33,34,35,36)/t18-,19+,24+,25-/m1/s1. The Hall–Kier alpha value is -4.10. The molecule has 10 heteroatoms. The van der Waals surface area contributed by atoms with Gasteiger partial charge in [0.15, 0.2) is 5.65 Å². The molecule has 3 aromatic rings. The molecule has 0 unspecified atom stereocenters. The molecule has 208 valence electrons. The van der Waals surface area contributed by atoms with E-state index >= 15 is 0 Å². The summed E-state index contributed by atoms with van der Waals surface area (Å²) >= 11 is 0. The molecular weight excluding hydrogens is 504 g/mol. The number of H-pyrrole nitrogens is 1. The maximum atomic E-state index is 12.3. The summed E-state index contributed by atoms with van der Waals surface area (Å²) in [6.07, 6.45) is 8.65. The fourth-order valence-electron chi connectivity index (χ4n) is 6.31. The molecule has 1 aliphatic heterocycles. The van der Waals surface area contributed by atoms with E-state index in [0.717, 1.165) is 62.4 Å². The number of rotatable bonds is 9. The van der Waals surface area contributed by atoms with Gasteiger partial charge < -0.3 is 30.6 Å². The van der Waals surface area contributed by atoms with Crippen LogP contribution < -0.4 is 20.7 Å². The molecule has 2 fully saturated rings. The number of nitrogens with zero attached hydrogens (tertiary/aromatic N) is 5. The lowest BCUT2D eigenvalue weighted by atomic mass is 9.88. The van der Waals surface area contributed by atoms with Crippen molar-refractivity contribution >= 4 is 28.4 Å². The molecule has 10 nitrogen and oxygen atoms in total. The van der Waals surface area contributed by atoms with E-state index in [2.05, 4.69) is 75.5 Å². The van der Waals surface area contributed by atoms with Crippen LogP contribution in [0.15, 0.2) is 36.5 Å². The van der Waals surface area contributed by atoms with E-state index in [9.17, 15) is 10.1 Å². The van der Waals surface area contributed by atoms with Gasteiger partial charge in [-0.05, 0) is 43.9 Å². The van der Waals surface area contributed by atoms with E-state index in [4.69, 9.17) is 15.5 Å². The highest BCUT2D eigenvalue weighted by molar-refractivity contribution is 5.92. The van der Waals surface area contributed by atoms with Crippen LogP contribution in [-0.2, 0) is 4.79 Å². The van der Waals surface area contributed by atoms with Crippen molar-refractivity contribution in [1.29, 1.82) is 5.26 Å². The highest BCUT2D eigenvalue weighted by atomic mass is 16.5. The summed E-state index contributed by atoms with van der Waals surface area (Å²) in [5.41, 5.74) is 9.89. The Morgan fingerprint density at radius 2 is 2.05 bits per heavy atom. The molecule has 40 heavy (non-hydrogen) atoms. The van der Waals surface area contributed by atoms with Crippen LogP contribution in [-0.4, -0.2) is 71.6 Å². The number of imidazole rings is 1. The smallest absolute Gasteiger partial charge is 0.223 e. The minimum atomic E-state index is -0.326. The Labute approximate surface area is 234 Å². The van der Waals surface area contributed by atoms with Gasteiger partial charge in [0, 0.05) is 50.2 Å². The number of likely N-dealkylation sites (N-methyl/N-ethyl adjacent to an activating group) is 1. The summed E-state index contributed by atoms with van der Waals surface area (Å²) in [6, 6.07) is 8.34. The van der Waals surface area contributed by atoms with Gasteiger partial charge in [-0.2, -0.15) is 5.26 Å². The number of amides is 1. The molecule has 1 amide bonds. The third kappa shape index (κ3) is 4.75. The second-order valence-electron chi connectivity index (χ2n) is 11.2. The molecule has 0 spiro atoms. The van der Waals surface area contributed by atoms with Crippen molar-refractivity contribution in [2.75, 3.05) is 50.1 Å². The number of primary amides is 1. The maximum Gasteiger partial charge on any atom is 0.223 e. The Bertz CT molecular complexity index is 1480. The van der Waals surface area contributed by atoms with Crippen LogP contribution in [0.1, 0.15) is 31.7 Å². The zero-order chi connectivity index (χ0) is 27.8. The van der Waals surface area contributed by atoms with Crippen molar-refractivity contribution in [3.63, 3.8) is 0 Å². The summed E-state index contributed by atoms with van der Waals surface area (Å²) < 4.78 is 6.29. The number of carbonyl (C=O) groups is 1. The molecule has 1 saturated heterocycles. The summed E-state index contributed by atoms with van der Waals surface area (Å²) in [5.74, 6) is 1.05. The van der Waals surface area contributed by atoms with Gasteiger partial charge in [-0.25, -0.2) is 9.97 Å². The lowest BCUT2D eigenvalue weighted by Crippen LogP contribution is -2.44. The molecule has 2 bridgehead atoms. The number of aromatic amines is 1. The number of aromatic nitrogens is 3. The third-order valence-electron chi connectivity index (χ3n) is 8.58. The number of pyridine rings is 1. The number of ether oxygens (including phenoxy) is 1. The van der Waals surface area contributed by atoms with E-state index in [1.54, 1.807) is 0 Å². The van der Waals surface area contributed by atoms with E-state index in [-0.39, 0.29) is 29.7 Å². The van der Waals surface area contributed by atoms with Gasteiger partial charge in [0.2, 0.25) is 5.91 Å². The Balaban J connectivity index is 1.37. The van der Waals surface area contributed by atoms with E-state index < -0.39 is 0 Å². The normalized spacial score (nSPS) is 24.0. The molecular formula is C30H36N8O2. The minimum absolute atomic E-state index is 0.127. The fourth-order valence-corrected chi connectivity index (χ4v) is 6.31. The molecule has 1 saturated carbocycles. The minimum Gasteiger partial charge on any atom is -0.493 e. The number of allylic oxidation sites excluding steroid dienone is 1. The second-order valence-corrected chi connectivity index (χ2v) is 11.2. The molecule has 2 aliphatic carbocycles. The maximum absolute atomic E-state index is 12.3. The van der Waals surface area contributed by atoms with Crippen molar-refractivity contribution in [2.24, 2.45) is 23.5 Å². The fraction of sp³-hybridized carbons (Fsp3) is 0.467. The van der Waals surface area contributed by atoms with Gasteiger partial charge >= 0.3 is 0 Å². The molecule has 2 aromatic heterocycles. The number of nitrogens with two attached hydrogens (primary N) is 1. The molecule has 0 radical (unpaired) electrons. The number of hydrogen-bond acceptors (Lipinski definition) is 8. The summed E-state index contributed by atoms with van der Waals surface area (Å²) in [6.45, 7) is 6.74. The van der Waals surface area contributed by atoms with Gasteiger partial charge in [0.25, 0.3) is 0 Å². The van der Waals surface area contributed by atoms with Crippen LogP contribution in [0, 0.1) is 29.1 Å². The average Bonchev–Trinajstić information content (AvgIpc) is 3.69. The third-order valence-corrected chi connectivity index (χ3v) is 8.58. The first-order valence-electron chi connectivity index (χ1n) is 14.2. The highest BCUT2D eigenvalue weighted by Gasteiger charge is 2.47. The number of anilines is 2. The summed E-state index contributed by atoms with van der Waals surface area (Å²) in [7, 11) is 2.15. The number of nitrogens with one attached hydrogen (secondary N) is 2. The largest absolute Gasteiger partial charge is 0.493 e. The number of hydrogen-bond donors (Lipinski definition) is 3. The Morgan fingerprint density at radius 3 is 2.80 bits per heavy atom. The van der Waals surface area contributed by atoms with E-state index in [1.807, 2.05) is 0 Å². The molecule has 3 aliphatic rings. The molecule has 4 N–H and O–H groups in total. The lowest BCUT2D eigenvalue weighted by Gasteiger charge is -2.34. The molecule has 1 aromatic carbocycles. The van der Waals surface area contributed by atoms with Gasteiger partial charge in [-0.1, -0.05) is 25.5 Å². The van der Waals surface area contributed by atoms with Crippen molar-refractivity contribution < 1.29 is 9.53 Å². The average molecular weight is 541 g/mol. The number of fused-ring (bicyclic) bond motifs is 3. The van der Waals surface area contributed by atoms with E-state index in [0.29, 0.717) is 34.8 Å². The van der Waals surface area contributed by atoms with Crippen LogP contribution in [0.4, 0.5) is 11.4 Å². The topological polar surface area (TPSA) is 136 Å². The first-order valence-corrected chi connectivity index (χ1v) is 14.2. The van der Waals surface area contributed by atoms with Gasteiger partial charge in [0.1, 0.15) is 23.2 Å². The molecule has 3 heterocycles. The van der Waals surface area contributed by atoms with Gasteiger partial charge in [-0.15, -0.1) is 0 Å². The summed E-state index contributed by atoms with van der Waals surface area (Å²) in [5, 5.41) is 13.4. The van der Waals surface area contributed by atoms with Crippen molar-refractivity contribution in [2.45, 2.75) is 32.2 Å². The number of piperazine rings is 1. The lowest BCUT2D eigenvalue weighted by molar-refractivity contribution is -0.122. The monoisotopic (exact) mass is 540 g/mol. The van der Waals surface area contributed by atoms with Gasteiger partial charge in [0.05, 0.1) is 29.3 Å². The molecule has 6 rings (SSSR count). The van der Waals surface area contributed by atoms with Crippen LogP contribution in [0.2, 0.25) is 0 Å². The first kappa shape index (κ1) is 26.1. The van der Waals surface area contributed by atoms with Crippen molar-refractivity contribution in [1.82, 2.24) is 19.9 Å². The number of benzene rings is 1. The number of nitriles is 1. The van der Waals surface area contributed by atoms with E-state index in [1.165, 1.54) is 6.20 Å². The Morgan fingerprint density at radius 1 is 1.25 bits per heavy atom. The van der Waals surface area contributed by atoms with Crippen LogP contribution >= 0.6 is 0 Å². The zero-order valence-electron chi connectivity index (χ0n) is 23.1. The van der Waals surface area contributed by atoms with Crippen LogP contribution in [0.25, 0.3) is 22.6 Å². The van der Waals surface area contributed by atoms with Crippen LogP contribution in [0.3, 0.4) is 0 Å². The number of carbonyl (C=O) groups excluding carboxylic acids is 1. The predicted molar refractivity (Wildman–Crippen MR) is 155 cm³/mol. The van der Waals surface area contributed by atoms with Crippen LogP contribution in [0.5, 0.6) is 5.75 Å². The van der Waals surface area contributed by atoms with Crippen molar-refractivity contribution in [3.8, 4) is 23.2 Å². The summed E-state index contributed by atoms with van der Waals surface area (Å²) in [4.78, 5) is 29.8. The van der Waals surface area contributed by atoms with Gasteiger partial charge in [-0.3, -0.25) is 4.79 Å².